The van der Waals surface area contributed by atoms with Gasteiger partial charge in [-0.15, -0.1) is 0 Å². The van der Waals surface area contributed by atoms with Crippen LogP contribution >= 0.6 is 0 Å². The summed E-state index contributed by atoms with van der Waals surface area (Å²) in [5, 5.41) is 0. The molecule has 0 atom stereocenters. The number of rotatable bonds is 5. The van der Waals surface area contributed by atoms with Crippen molar-refractivity contribution in [2.75, 3.05) is 6.61 Å². The van der Waals surface area contributed by atoms with Gasteiger partial charge in [-0.1, -0.05) is 30.3 Å². The second-order valence-corrected chi connectivity index (χ2v) is 4.26. The lowest BCUT2D eigenvalue weighted by molar-refractivity contribution is -0.143. The van der Waals surface area contributed by atoms with Gasteiger partial charge in [-0.05, 0) is 13.3 Å². The van der Waals surface area contributed by atoms with E-state index in [4.69, 9.17) is 4.74 Å². The molecule has 1 heterocycles. The van der Waals surface area contributed by atoms with Gasteiger partial charge in [0.25, 0.3) is 5.56 Å². The Morgan fingerprint density at radius 2 is 2.05 bits per heavy atom. The quantitative estimate of drug-likeness (QED) is 0.844. The summed E-state index contributed by atoms with van der Waals surface area (Å²) in [5.74, 6) is 0.217. The van der Waals surface area contributed by atoms with Crippen LogP contribution in [0, 0.1) is 0 Å². The molecule has 0 aliphatic carbocycles. The van der Waals surface area contributed by atoms with Crippen LogP contribution in [0.5, 0.6) is 0 Å². The zero-order valence-electron chi connectivity index (χ0n) is 11.3. The predicted octanol–water partition coefficient (Wildman–Crippen LogP) is 1.93. The van der Waals surface area contributed by atoms with Gasteiger partial charge in [-0.25, -0.2) is 4.98 Å². The van der Waals surface area contributed by atoms with E-state index in [2.05, 4.69) is 9.97 Å². The van der Waals surface area contributed by atoms with E-state index in [0.29, 0.717) is 24.4 Å². The van der Waals surface area contributed by atoms with Crippen LogP contribution in [0.3, 0.4) is 0 Å². The minimum atomic E-state index is -0.306. The van der Waals surface area contributed by atoms with Crippen molar-refractivity contribution in [1.29, 1.82) is 0 Å². The van der Waals surface area contributed by atoms with Gasteiger partial charge in [0.15, 0.2) is 0 Å². The minimum absolute atomic E-state index is 0.184. The lowest BCUT2D eigenvalue weighted by atomic mass is 10.1. The van der Waals surface area contributed by atoms with Gasteiger partial charge in [0.05, 0.1) is 6.61 Å². The molecule has 0 saturated heterocycles. The highest BCUT2D eigenvalue weighted by Crippen LogP contribution is 2.11. The van der Waals surface area contributed by atoms with E-state index in [1.54, 1.807) is 6.92 Å². The molecule has 0 spiro atoms. The van der Waals surface area contributed by atoms with Gasteiger partial charge in [0.1, 0.15) is 5.82 Å². The zero-order chi connectivity index (χ0) is 14.4. The number of esters is 1. The molecule has 0 saturated carbocycles. The predicted molar refractivity (Wildman–Crippen MR) is 75.2 cm³/mol. The highest BCUT2D eigenvalue weighted by Gasteiger charge is 2.08. The number of ether oxygens (including phenoxy) is 1. The Hall–Kier alpha value is -2.43. The first-order valence-electron chi connectivity index (χ1n) is 6.50. The largest absolute Gasteiger partial charge is 0.466 e. The molecule has 0 radical (unpaired) electrons. The van der Waals surface area contributed by atoms with E-state index in [9.17, 15) is 9.59 Å². The Morgan fingerprint density at radius 3 is 2.70 bits per heavy atom. The standard InChI is InChI=1S/C15H16N2O3/c1-2-20-13(18)9-8-12-10-16-14(17-15(12)19)11-6-4-3-5-7-11/h3-7,10H,2,8-9H2,1H3,(H,16,17,19). The molecule has 0 fully saturated rings. The van der Waals surface area contributed by atoms with Gasteiger partial charge in [-0.2, -0.15) is 0 Å². The summed E-state index contributed by atoms with van der Waals surface area (Å²) >= 11 is 0. The van der Waals surface area contributed by atoms with Crippen molar-refractivity contribution >= 4 is 5.97 Å². The fourth-order valence-electron chi connectivity index (χ4n) is 1.81. The van der Waals surface area contributed by atoms with Crippen molar-refractivity contribution in [2.24, 2.45) is 0 Å². The summed E-state index contributed by atoms with van der Waals surface area (Å²) in [6.07, 6.45) is 2.03. The fraction of sp³-hybridized carbons (Fsp3) is 0.267. The Morgan fingerprint density at radius 1 is 1.30 bits per heavy atom. The van der Waals surface area contributed by atoms with Gasteiger partial charge < -0.3 is 9.72 Å². The van der Waals surface area contributed by atoms with Crippen LogP contribution in [0.15, 0.2) is 41.3 Å². The third kappa shape index (κ3) is 3.54. The van der Waals surface area contributed by atoms with E-state index < -0.39 is 0 Å². The first kappa shape index (κ1) is 14.0. The number of aromatic nitrogens is 2. The van der Waals surface area contributed by atoms with Crippen molar-refractivity contribution in [3.63, 3.8) is 0 Å². The molecule has 0 bridgehead atoms. The third-order valence-corrected chi connectivity index (χ3v) is 2.82. The lowest BCUT2D eigenvalue weighted by Gasteiger charge is -2.03. The maximum Gasteiger partial charge on any atom is 0.306 e. The van der Waals surface area contributed by atoms with E-state index in [-0.39, 0.29) is 17.9 Å². The number of hydrogen-bond donors (Lipinski definition) is 1. The number of carbonyl (C=O) groups excluding carboxylic acids is 1. The molecular weight excluding hydrogens is 256 g/mol. The van der Waals surface area contributed by atoms with Gasteiger partial charge in [0, 0.05) is 23.7 Å². The van der Waals surface area contributed by atoms with E-state index in [1.165, 1.54) is 6.20 Å². The van der Waals surface area contributed by atoms with Crippen LogP contribution < -0.4 is 5.56 Å². The van der Waals surface area contributed by atoms with Crippen LogP contribution in [-0.2, 0) is 16.0 Å². The second-order valence-electron chi connectivity index (χ2n) is 4.26. The topological polar surface area (TPSA) is 72.0 Å². The number of carbonyl (C=O) groups is 1. The number of nitrogens with zero attached hydrogens (tertiary/aromatic N) is 1. The molecule has 20 heavy (non-hydrogen) atoms. The van der Waals surface area contributed by atoms with E-state index >= 15 is 0 Å². The molecular formula is C15H16N2O3. The Kier molecular flexibility index (Phi) is 4.65. The van der Waals surface area contributed by atoms with Crippen molar-refractivity contribution < 1.29 is 9.53 Å². The molecule has 1 aromatic carbocycles. The molecule has 1 N–H and O–H groups in total. The van der Waals surface area contributed by atoms with Gasteiger partial charge in [0.2, 0.25) is 0 Å². The van der Waals surface area contributed by atoms with Gasteiger partial charge in [-0.3, -0.25) is 9.59 Å². The van der Waals surface area contributed by atoms with E-state index in [1.807, 2.05) is 30.3 Å². The van der Waals surface area contributed by atoms with Crippen LogP contribution in [0.4, 0.5) is 0 Å². The molecule has 5 nitrogen and oxygen atoms in total. The third-order valence-electron chi connectivity index (χ3n) is 2.82. The smallest absolute Gasteiger partial charge is 0.306 e. The number of H-pyrrole nitrogens is 1. The normalized spacial score (nSPS) is 10.2. The number of hydrogen-bond acceptors (Lipinski definition) is 4. The number of aromatic amines is 1. The van der Waals surface area contributed by atoms with Crippen molar-refractivity contribution in [3.05, 3.63) is 52.4 Å². The number of benzene rings is 1. The molecule has 0 amide bonds. The molecule has 1 aromatic heterocycles. The number of nitrogens with one attached hydrogen (secondary N) is 1. The second kappa shape index (κ2) is 6.65. The maximum absolute atomic E-state index is 11.9. The highest BCUT2D eigenvalue weighted by atomic mass is 16.5. The fourth-order valence-corrected chi connectivity index (χ4v) is 1.81. The van der Waals surface area contributed by atoms with Gasteiger partial charge >= 0.3 is 5.97 Å². The summed E-state index contributed by atoms with van der Waals surface area (Å²) in [6, 6.07) is 9.40. The average molecular weight is 272 g/mol. The minimum Gasteiger partial charge on any atom is -0.466 e. The summed E-state index contributed by atoms with van der Waals surface area (Å²) in [6.45, 7) is 2.10. The van der Waals surface area contributed by atoms with Crippen molar-refractivity contribution in [3.8, 4) is 11.4 Å². The number of aryl methyl sites for hydroxylation is 1. The van der Waals surface area contributed by atoms with Crippen LogP contribution in [-0.4, -0.2) is 22.5 Å². The van der Waals surface area contributed by atoms with Crippen LogP contribution in [0.1, 0.15) is 18.9 Å². The molecule has 2 aromatic rings. The maximum atomic E-state index is 11.9. The molecule has 104 valence electrons. The summed E-state index contributed by atoms with van der Waals surface area (Å²) < 4.78 is 4.82. The summed E-state index contributed by atoms with van der Waals surface area (Å²) in [5.41, 5.74) is 1.11. The Balaban J connectivity index is 2.11. The molecule has 2 rings (SSSR count). The summed E-state index contributed by atoms with van der Waals surface area (Å²) in [4.78, 5) is 30.2. The lowest BCUT2D eigenvalue weighted by Crippen LogP contribution is -2.16. The first-order valence-corrected chi connectivity index (χ1v) is 6.50. The monoisotopic (exact) mass is 272 g/mol. The average Bonchev–Trinajstić information content (AvgIpc) is 2.47. The first-order chi connectivity index (χ1) is 9.70. The SMILES string of the molecule is CCOC(=O)CCc1cnc(-c2ccccc2)[nH]c1=O. The molecule has 0 aliphatic rings. The Bertz CT molecular complexity index is 635. The van der Waals surface area contributed by atoms with E-state index in [0.717, 1.165) is 5.56 Å². The molecule has 0 unspecified atom stereocenters. The summed E-state index contributed by atoms with van der Waals surface area (Å²) in [7, 11) is 0. The van der Waals surface area contributed by atoms with Crippen molar-refractivity contribution in [1.82, 2.24) is 9.97 Å². The molecule has 5 heteroatoms. The highest BCUT2D eigenvalue weighted by molar-refractivity contribution is 5.69. The molecule has 0 aliphatic heterocycles. The Labute approximate surface area is 116 Å². The van der Waals surface area contributed by atoms with Crippen LogP contribution in [0.25, 0.3) is 11.4 Å². The zero-order valence-corrected chi connectivity index (χ0v) is 11.3. The van der Waals surface area contributed by atoms with Crippen molar-refractivity contribution in [2.45, 2.75) is 19.8 Å². The van der Waals surface area contributed by atoms with Crippen LogP contribution in [0.2, 0.25) is 0 Å².